The van der Waals surface area contributed by atoms with Crippen molar-refractivity contribution in [2.75, 3.05) is 11.9 Å². The van der Waals surface area contributed by atoms with Gasteiger partial charge in [0, 0.05) is 44.0 Å². The van der Waals surface area contributed by atoms with Gasteiger partial charge in [0.25, 0.3) is 0 Å². The number of hydrogen-bond acceptors (Lipinski definition) is 2. The van der Waals surface area contributed by atoms with Crippen LogP contribution in [0, 0.1) is 6.92 Å². The van der Waals surface area contributed by atoms with E-state index in [9.17, 15) is 0 Å². The Kier molecular flexibility index (Phi) is 3.92. The van der Waals surface area contributed by atoms with Crippen molar-refractivity contribution in [2.45, 2.75) is 19.3 Å². The SMILES string of the molecule is Cc1cc(N(C)Cc2cnn(C)c2)ccc1CCl. The molecule has 0 fully saturated rings. The molecule has 4 heteroatoms. The molecule has 0 aliphatic carbocycles. The van der Waals surface area contributed by atoms with E-state index < -0.39 is 0 Å². The van der Waals surface area contributed by atoms with Gasteiger partial charge in [-0.15, -0.1) is 11.6 Å². The summed E-state index contributed by atoms with van der Waals surface area (Å²) < 4.78 is 1.82. The first kappa shape index (κ1) is 13.0. The van der Waals surface area contributed by atoms with Gasteiger partial charge < -0.3 is 4.90 Å². The highest BCUT2D eigenvalue weighted by Crippen LogP contribution is 2.20. The van der Waals surface area contributed by atoms with Crippen LogP contribution in [0.5, 0.6) is 0 Å². The summed E-state index contributed by atoms with van der Waals surface area (Å²) in [5.74, 6) is 0.568. The van der Waals surface area contributed by atoms with E-state index in [1.54, 1.807) is 0 Å². The lowest BCUT2D eigenvalue weighted by Crippen LogP contribution is -2.16. The fourth-order valence-electron chi connectivity index (χ4n) is 1.99. The number of aryl methyl sites for hydroxylation is 2. The van der Waals surface area contributed by atoms with Crippen LogP contribution in [-0.2, 0) is 19.5 Å². The summed E-state index contributed by atoms with van der Waals surface area (Å²) in [4.78, 5) is 2.21. The number of anilines is 1. The summed E-state index contributed by atoms with van der Waals surface area (Å²) in [7, 11) is 4.02. The van der Waals surface area contributed by atoms with Gasteiger partial charge in [0.2, 0.25) is 0 Å². The molecule has 0 atom stereocenters. The molecule has 0 radical (unpaired) electrons. The molecule has 0 saturated carbocycles. The Bertz CT molecular complexity index is 534. The predicted molar refractivity (Wildman–Crippen MR) is 76.1 cm³/mol. The average Bonchev–Trinajstić information content (AvgIpc) is 2.74. The molecule has 18 heavy (non-hydrogen) atoms. The molecule has 0 saturated heterocycles. The van der Waals surface area contributed by atoms with E-state index in [1.165, 1.54) is 22.4 Å². The zero-order chi connectivity index (χ0) is 13.1. The number of benzene rings is 1. The van der Waals surface area contributed by atoms with Gasteiger partial charge in [-0.05, 0) is 30.2 Å². The second kappa shape index (κ2) is 5.44. The van der Waals surface area contributed by atoms with Gasteiger partial charge in [-0.25, -0.2) is 0 Å². The highest BCUT2D eigenvalue weighted by molar-refractivity contribution is 6.17. The number of rotatable bonds is 4. The van der Waals surface area contributed by atoms with Crippen LogP contribution in [0.1, 0.15) is 16.7 Å². The van der Waals surface area contributed by atoms with Crippen molar-refractivity contribution in [1.82, 2.24) is 9.78 Å². The van der Waals surface area contributed by atoms with Crippen LogP contribution >= 0.6 is 11.6 Å². The lowest BCUT2D eigenvalue weighted by Gasteiger charge is -2.19. The van der Waals surface area contributed by atoms with E-state index in [-0.39, 0.29) is 0 Å². The molecule has 3 nitrogen and oxygen atoms in total. The molecule has 1 aromatic carbocycles. The van der Waals surface area contributed by atoms with Crippen LogP contribution in [0.15, 0.2) is 30.6 Å². The highest BCUT2D eigenvalue weighted by Gasteiger charge is 2.05. The van der Waals surface area contributed by atoms with E-state index in [4.69, 9.17) is 11.6 Å². The number of alkyl halides is 1. The van der Waals surface area contributed by atoms with E-state index >= 15 is 0 Å². The van der Waals surface area contributed by atoms with Crippen LogP contribution in [0.25, 0.3) is 0 Å². The first-order valence-corrected chi connectivity index (χ1v) is 6.47. The van der Waals surface area contributed by atoms with Crippen molar-refractivity contribution in [3.63, 3.8) is 0 Å². The molecular formula is C14H18ClN3. The first-order valence-electron chi connectivity index (χ1n) is 5.94. The largest absolute Gasteiger partial charge is 0.370 e. The van der Waals surface area contributed by atoms with Crippen LogP contribution in [0.4, 0.5) is 5.69 Å². The highest BCUT2D eigenvalue weighted by atomic mass is 35.5. The van der Waals surface area contributed by atoms with Crippen molar-refractivity contribution in [3.8, 4) is 0 Å². The molecule has 2 rings (SSSR count). The molecule has 96 valence electrons. The zero-order valence-corrected chi connectivity index (χ0v) is 11.8. The predicted octanol–water partition coefficient (Wildman–Crippen LogP) is 3.10. The van der Waals surface area contributed by atoms with Gasteiger partial charge >= 0.3 is 0 Å². The molecule has 0 bridgehead atoms. The molecular weight excluding hydrogens is 246 g/mol. The summed E-state index contributed by atoms with van der Waals surface area (Å²) in [5, 5.41) is 4.18. The van der Waals surface area contributed by atoms with Crippen molar-refractivity contribution in [1.29, 1.82) is 0 Å². The first-order chi connectivity index (χ1) is 8.60. The van der Waals surface area contributed by atoms with Crippen LogP contribution in [0.3, 0.4) is 0 Å². The fraction of sp³-hybridized carbons (Fsp3) is 0.357. The maximum atomic E-state index is 5.87. The molecule has 0 N–H and O–H groups in total. The third kappa shape index (κ3) is 2.85. The summed E-state index contributed by atoms with van der Waals surface area (Å²) in [6, 6.07) is 6.38. The van der Waals surface area contributed by atoms with Crippen LogP contribution in [-0.4, -0.2) is 16.8 Å². The van der Waals surface area contributed by atoms with Crippen molar-refractivity contribution in [2.24, 2.45) is 7.05 Å². The Morgan fingerprint density at radius 3 is 2.72 bits per heavy atom. The number of aromatic nitrogens is 2. The minimum absolute atomic E-state index is 0.568. The van der Waals surface area contributed by atoms with Gasteiger partial charge in [-0.3, -0.25) is 4.68 Å². The van der Waals surface area contributed by atoms with E-state index in [0.717, 1.165) is 6.54 Å². The fourth-order valence-corrected chi connectivity index (χ4v) is 2.29. The third-order valence-electron chi connectivity index (χ3n) is 3.09. The summed E-state index contributed by atoms with van der Waals surface area (Å²) in [5.41, 5.74) is 4.83. The smallest absolute Gasteiger partial charge is 0.0539 e. The second-order valence-corrected chi connectivity index (χ2v) is 4.89. The topological polar surface area (TPSA) is 21.1 Å². The third-order valence-corrected chi connectivity index (χ3v) is 3.38. The standard InChI is InChI=1S/C14H18ClN3/c1-11-6-14(5-4-13(11)7-15)17(2)9-12-8-16-18(3)10-12/h4-6,8,10H,7,9H2,1-3H3. The summed E-state index contributed by atoms with van der Waals surface area (Å²) in [6.45, 7) is 2.95. The minimum Gasteiger partial charge on any atom is -0.370 e. The Morgan fingerprint density at radius 2 is 2.17 bits per heavy atom. The van der Waals surface area contributed by atoms with E-state index in [2.05, 4.69) is 42.2 Å². The molecule has 1 aromatic heterocycles. The minimum atomic E-state index is 0.568. The Labute approximate surface area is 113 Å². The van der Waals surface area contributed by atoms with E-state index in [1.807, 2.05) is 24.1 Å². The maximum Gasteiger partial charge on any atom is 0.0539 e. The quantitative estimate of drug-likeness (QED) is 0.791. The molecule has 0 spiro atoms. The molecule has 0 aliphatic rings. The average molecular weight is 264 g/mol. The van der Waals surface area contributed by atoms with Crippen molar-refractivity contribution < 1.29 is 0 Å². The number of hydrogen-bond donors (Lipinski definition) is 0. The molecule has 0 unspecified atom stereocenters. The van der Waals surface area contributed by atoms with Crippen molar-refractivity contribution >= 4 is 17.3 Å². The normalized spacial score (nSPS) is 10.7. The Hall–Kier alpha value is -1.48. The lowest BCUT2D eigenvalue weighted by molar-refractivity contribution is 0.766. The zero-order valence-electron chi connectivity index (χ0n) is 11.0. The van der Waals surface area contributed by atoms with Crippen LogP contribution < -0.4 is 4.90 Å². The van der Waals surface area contributed by atoms with E-state index in [0.29, 0.717) is 5.88 Å². The van der Waals surface area contributed by atoms with Gasteiger partial charge in [-0.1, -0.05) is 6.07 Å². The summed E-state index contributed by atoms with van der Waals surface area (Å²) >= 11 is 5.87. The van der Waals surface area contributed by atoms with Gasteiger partial charge in [0.15, 0.2) is 0 Å². The maximum absolute atomic E-state index is 5.87. The number of halogens is 1. The Morgan fingerprint density at radius 1 is 1.39 bits per heavy atom. The Balaban J connectivity index is 2.13. The molecule has 0 amide bonds. The monoisotopic (exact) mass is 263 g/mol. The van der Waals surface area contributed by atoms with Gasteiger partial charge in [-0.2, -0.15) is 5.10 Å². The molecule has 0 aliphatic heterocycles. The summed E-state index contributed by atoms with van der Waals surface area (Å²) in [6.07, 6.45) is 3.94. The lowest BCUT2D eigenvalue weighted by atomic mass is 10.1. The number of nitrogens with zero attached hydrogens (tertiary/aromatic N) is 3. The molecule has 1 heterocycles. The second-order valence-electron chi connectivity index (χ2n) is 4.62. The van der Waals surface area contributed by atoms with Crippen LogP contribution in [0.2, 0.25) is 0 Å². The van der Waals surface area contributed by atoms with Crippen molar-refractivity contribution in [3.05, 3.63) is 47.3 Å². The van der Waals surface area contributed by atoms with Gasteiger partial charge in [0.05, 0.1) is 6.20 Å². The molecule has 2 aromatic rings. The van der Waals surface area contributed by atoms with Gasteiger partial charge in [0.1, 0.15) is 0 Å².